The Hall–Kier alpha value is -3.71. The fourth-order valence-corrected chi connectivity index (χ4v) is 5.00. The quantitative estimate of drug-likeness (QED) is 0.371. The minimum absolute atomic E-state index is 0.0567. The number of halogens is 1. The summed E-state index contributed by atoms with van der Waals surface area (Å²) in [4.78, 5) is 32.8. The molecule has 0 aliphatic carbocycles. The second-order valence-electron chi connectivity index (χ2n) is 9.12. The first-order chi connectivity index (χ1) is 18.5. The third kappa shape index (κ3) is 6.05. The Morgan fingerprint density at radius 3 is 2.13 bits per heavy atom. The zero-order chi connectivity index (χ0) is 27.1. The number of hydrogen-bond donors (Lipinski definition) is 1. The van der Waals surface area contributed by atoms with Crippen molar-refractivity contribution in [2.75, 3.05) is 61.5 Å². The van der Waals surface area contributed by atoms with Gasteiger partial charge in [-0.1, -0.05) is 42.5 Å². The van der Waals surface area contributed by atoms with Crippen LogP contribution in [0.3, 0.4) is 0 Å². The fraction of sp³-hybridized carbons (Fsp3) is 0.333. The average molecular weight is 535 g/mol. The van der Waals surface area contributed by atoms with Gasteiger partial charge in [-0.05, 0) is 49.7 Å². The van der Waals surface area contributed by atoms with Crippen LogP contribution >= 0.6 is 11.6 Å². The topological polar surface area (TPSA) is 65.1 Å². The number of amides is 2. The summed E-state index contributed by atoms with van der Waals surface area (Å²) in [5.41, 5.74) is 3.77. The molecule has 1 unspecified atom stereocenters. The van der Waals surface area contributed by atoms with Gasteiger partial charge in [-0.3, -0.25) is 9.59 Å². The van der Waals surface area contributed by atoms with Crippen LogP contribution in [0.5, 0.6) is 5.75 Å². The number of para-hydroxylation sites is 2. The molecule has 8 heteroatoms. The van der Waals surface area contributed by atoms with Gasteiger partial charge in [0.25, 0.3) is 5.91 Å². The first-order valence-corrected chi connectivity index (χ1v) is 13.5. The van der Waals surface area contributed by atoms with Gasteiger partial charge in [0.1, 0.15) is 11.1 Å². The molecule has 3 aromatic carbocycles. The monoisotopic (exact) mass is 534 g/mol. The number of carbonyl (C=O) groups excluding carboxylic acids is 2. The Morgan fingerprint density at radius 1 is 0.895 bits per heavy atom. The van der Waals surface area contributed by atoms with E-state index >= 15 is 0 Å². The summed E-state index contributed by atoms with van der Waals surface area (Å²) >= 11 is 6.43. The van der Waals surface area contributed by atoms with Crippen molar-refractivity contribution < 1.29 is 14.3 Å². The molecule has 0 aromatic heterocycles. The van der Waals surface area contributed by atoms with E-state index in [2.05, 4.69) is 21.2 Å². The first kappa shape index (κ1) is 27.3. The lowest BCUT2D eigenvalue weighted by molar-refractivity contribution is -0.116. The summed E-state index contributed by atoms with van der Waals surface area (Å²) in [6.07, 6.45) is 0. The summed E-state index contributed by atoms with van der Waals surface area (Å²) in [6, 6.07) is 22.8. The second-order valence-corrected chi connectivity index (χ2v) is 9.55. The van der Waals surface area contributed by atoms with Crippen LogP contribution in [0.2, 0.25) is 0 Å². The highest BCUT2D eigenvalue weighted by molar-refractivity contribution is 6.32. The largest absolute Gasteiger partial charge is 0.495 e. The van der Waals surface area contributed by atoms with Crippen LogP contribution in [0.1, 0.15) is 35.1 Å². The highest BCUT2D eigenvalue weighted by Crippen LogP contribution is 2.32. The number of carbonyl (C=O) groups is 2. The zero-order valence-corrected chi connectivity index (χ0v) is 22.9. The summed E-state index contributed by atoms with van der Waals surface area (Å²) in [7, 11) is 1.69. The molecule has 1 aliphatic rings. The molecule has 38 heavy (non-hydrogen) atoms. The molecule has 1 N–H and O–H groups in total. The van der Waals surface area contributed by atoms with Gasteiger partial charge >= 0.3 is 0 Å². The molecule has 2 amide bonds. The minimum atomic E-state index is -0.833. The van der Waals surface area contributed by atoms with Crippen LogP contribution in [0.15, 0.2) is 72.8 Å². The lowest BCUT2D eigenvalue weighted by Gasteiger charge is -2.38. The number of hydrogen-bond acceptors (Lipinski definition) is 5. The summed E-state index contributed by atoms with van der Waals surface area (Å²) < 4.78 is 5.55. The Morgan fingerprint density at radius 2 is 1.50 bits per heavy atom. The van der Waals surface area contributed by atoms with E-state index in [1.165, 1.54) is 0 Å². The second kappa shape index (κ2) is 12.7. The Balaban J connectivity index is 1.56. The predicted molar refractivity (Wildman–Crippen MR) is 155 cm³/mol. The first-order valence-electron chi connectivity index (χ1n) is 13.0. The normalized spacial score (nSPS) is 14.1. The maximum atomic E-state index is 13.6. The molecule has 4 rings (SSSR count). The van der Waals surface area contributed by atoms with Crippen LogP contribution in [-0.2, 0) is 4.79 Å². The Kier molecular flexibility index (Phi) is 9.13. The van der Waals surface area contributed by atoms with Crippen LogP contribution in [0.25, 0.3) is 0 Å². The van der Waals surface area contributed by atoms with Crippen molar-refractivity contribution in [1.29, 1.82) is 0 Å². The third-order valence-electron chi connectivity index (χ3n) is 6.91. The number of nitrogens with one attached hydrogen (secondary N) is 1. The van der Waals surface area contributed by atoms with Gasteiger partial charge in [0.15, 0.2) is 0 Å². The average Bonchev–Trinajstić information content (AvgIpc) is 2.97. The van der Waals surface area contributed by atoms with Gasteiger partial charge in [-0.25, -0.2) is 0 Å². The molecule has 0 radical (unpaired) electrons. The smallest absolute Gasteiger partial charge is 0.256 e. The van der Waals surface area contributed by atoms with Crippen LogP contribution in [-0.4, -0.2) is 63.1 Å². The summed E-state index contributed by atoms with van der Waals surface area (Å²) in [6.45, 7) is 8.23. The Bertz CT molecular complexity index is 1240. The van der Waals surface area contributed by atoms with Gasteiger partial charge in [0, 0.05) is 50.6 Å². The number of alkyl halides is 1. The molecule has 0 spiro atoms. The SMILES string of the molecule is CCN(CC)C(=O)c1cc(NC(=O)C(Cl)c2ccccc2)ccc1N1CCN(c2ccccc2OC)CC1. The van der Waals surface area contributed by atoms with E-state index in [0.717, 1.165) is 48.9 Å². The van der Waals surface area contributed by atoms with E-state index < -0.39 is 5.38 Å². The number of piperazine rings is 1. The van der Waals surface area contributed by atoms with Crippen molar-refractivity contribution in [1.82, 2.24) is 4.90 Å². The maximum Gasteiger partial charge on any atom is 0.256 e. The van der Waals surface area contributed by atoms with Gasteiger partial charge in [0.2, 0.25) is 5.91 Å². The molecule has 1 heterocycles. The fourth-order valence-electron chi connectivity index (χ4n) is 4.80. The lowest BCUT2D eigenvalue weighted by Crippen LogP contribution is -2.47. The van der Waals surface area contributed by atoms with E-state index in [1.54, 1.807) is 18.1 Å². The highest BCUT2D eigenvalue weighted by atomic mass is 35.5. The zero-order valence-electron chi connectivity index (χ0n) is 22.2. The number of nitrogens with zero attached hydrogens (tertiary/aromatic N) is 3. The number of benzene rings is 3. The van der Waals surface area contributed by atoms with Crippen molar-refractivity contribution in [2.45, 2.75) is 19.2 Å². The highest BCUT2D eigenvalue weighted by Gasteiger charge is 2.26. The van der Waals surface area contributed by atoms with Gasteiger partial charge < -0.3 is 24.8 Å². The van der Waals surface area contributed by atoms with Crippen molar-refractivity contribution in [3.05, 3.63) is 83.9 Å². The van der Waals surface area contributed by atoms with Crippen molar-refractivity contribution in [3.63, 3.8) is 0 Å². The molecule has 7 nitrogen and oxygen atoms in total. The number of ether oxygens (including phenoxy) is 1. The van der Waals surface area contributed by atoms with Crippen molar-refractivity contribution in [2.24, 2.45) is 0 Å². The summed E-state index contributed by atoms with van der Waals surface area (Å²) in [5, 5.41) is 2.07. The van der Waals surface area contributed by atoms with E-state index in [4.69, 9.17) is 16.3 Å². The van der Waals surface area contributed by atoms with E-state index in [1.807, 2.05) is 74.5 Å². The maximum absolute atomic E-state index is 13.6. The van der Waals surface area contributed by atoms with E-state index in [0.29, 0.717) is 24.3 Å². The minimum Gasteiger partial charge on any atom is -0.495 e. The van der Waals surface area contributed by atoms with Gasteiger partial charge in [0.05, 0.1) is 18.4 Å². The molecular weight excluding hydrogens is 500 g/mol. The third-order valence-corrected chi connectivity index (χ3v) is 7.36. The number of anilines is 3. The van der Waals surface area contributed by atoms with Crippen LogP contribution in [0.4, 0.5) is 17.1 Å². The van der Waals surface area contributed by atoms with E-state index in [9.17, 15) is 9.59 Å². The Labute approximate surface area is 229 Å². The van der Waals surface area contributed by atoms with Gasteiger partial charge in [-0.2, -0.15) is 0 Å². The molecular formula is C30H35ClN4O3. The number of rotatable bonds is 9. The predicted octanol–water partition coefficient (Wildman–Crippen LogP) is 5.42. The standard InChI is InChI=1S/C30H35ClN4O3/c1-4-33(5-2)30(37)24-21-23(32-29(36)28(31)22-11-7-6-8-12-22)15-16-25(24)34-17-19-35(20-18-34)26-13-9-10-14-27(26)38-3/h6-16,21,28H,4-5,17-20H2,1-3H3,(H,32,36). The molecule has 1 atom stereocenters. The molecule has 1 fully saturated rings. The molecule has 0 saturated carbocycles. The molecule has 0 bridgehead atoms. The lowest BCUT2D eigenvalue weighted by atomic mass is 10.1. The molecule has 3 aromatic rings. The molecule has 200 valence electrons. The van der Waals surface area contributed by atoms with Crippen LogP contribution in [0, 0.1) is 0 Å². The summed E-state index contributed by atoms with van der Waals surface area (Å²) in [5.74, 6) is 0.461. The molecule has 1 saturated heterocycles. The van der Waals surface area contributed by atoms with Crippen molar-refractivity contribution in [3.8, 4) is 5.75 Å². The van der Waals surface area contributed by atoms with Crippen LogP contribution < -0.4 is 19.9 Å². The number of methoxy groups -OCH3 is 1. The van der Waals surface area contributed by atoms with Crippen molar-refractivity contribution >= 4 is 40.5 Å². The molecule has 1 aliphatic heterocycles. The van der Waals surface area contributed by atoms with E-state index in [-0.39, 0.29) is 11.8 Å². The van der Waals surface area contributed by atoms with Gasteiger partial charge in [-0.15, -0.1) is 11.6 Å².